The molecule has 2 unspecified atom stereocenters. The van der Waals surface area contributed by atoms with Gasteiger partial charge in [-0.15, -0.1) is 11.3 Å². The summed E-state index contributed by atoms with van der Waals surface area (Å²) in [4.78, 5) is 4.19. The SMILES string of the molecule is NC1CC2CCCC(C1)N2Cc1ccc(Br)s1. The van der Waals surface area contributed by atoms with Gasteiger partial charge in [0.2, 0.25) is 0 Å². The third-order valence-corrected chi connectivity index (χ3v) is 5.74. The summed E-state index contributed by atoms with van der Waals surface area (Å²) < 4.78 is 1.24. The summed E-state index contributed by atoms with van der Waals surface area (Å²) in [6.45, 7) is 1.12. The molecule has 0 amide bonds. The molecule has 2 bridgehead atoms. The van der Waals surface area contributed by atoms with Crippen LogP contribution in [0.5, 0.6) is 0 Å². The van der Waals surface area contributed by atoms with E-state index >= 15 is 0 Å². The average molecular weight is 315 g/mol. The van der Waals surface area contributed by atoms with E-state index in [1.54, 1.807) is 0 Å². The highest BCUT2D eigenvalue weighted by Crippen LogP contribution is 2.35. The number of piperidine rings is 2. The molecule has 3 heterocycles. The van der Waals surface area contributed by atoms with E-state index < -0.39 is 0 Å². The van der Waals surface area contributed by atoms with Crippen molar-refractivity contribution in [2.45, 2.75) is 56.8 Å². The van der Waals surface area contributed by atoms with E-state index in [0.29, 0.717) is 6.04 Å². The summed E-state index contributed by atoms with van der Waals surface area (Å²) in [5, 5.41) is 0. The monoisotopic (exact) mass is 314 g/mol. The average Bonchev–Trinajstić information content (AvgIpc) is 2.65. The van der Waals surface area contributed by atoms with Crippen molar-refractivity contribution in [1.29, 1.82) is 0 Å². The molecule has 17 heavy (non-hydrogen) atoms. The van der Waals surface area contributed by atoms with Crippen molar-refractivity contribution >= 4 is 27.3 Å². The molecule has 2 nitrogen and oxygen atoms in total. The van der Waals surface area contributed by atoms with E-state index in [0.717, 1.165) is 18.6 Å². The van der Waals surface area contributed by atoms with Gasteiger partial charge in [0, 0.05) is 29.5 Å². The lowest BCUT2D eigenvalue weighted by atomic mass is 9.82. The molecule has 1 aromatic heterocycles. The zero-order valence-corrected chi connectivity index (χ0v) is 12.3. The molecule has 2 aliphatic heterocycles. The summed E-state index contributed by atoms with van der Waals surface area (Å²) in [6.07, 6.45) is 6.48. The van der Waals surface area contributed by atoms with Gasteiger partial charge in [0.05, 0.1) is 3.79 Å². The van der Waals surface area contributed by atoms with Crippen LogP contribution in [0.25, 0.3) is 0 Å². The van der Waals surface area contributed by atoms with Gasteiger partial charge in [0.1, 0.15) is 0 Å². The van der Waals surface area contributed by atoms with Gasteiger partial charge in [0.15, 0.2) is 0 Å². The number of fused-ring (bicyclic) bond motifs is 2. The topological polar surface area (TPSA) is 29.3 Å². The Kier molecular flexibility index (Phi) is 3.57. The molecule has 1 aromatic rings. The lowest BCUT2D eigenvalue weighted by Gasteiger charge is -2.48. The van der Waals surface area contributed by atoms with Crippen molar-refractivity contribution in [2.75, 3.05) is 0 Å². The summed E-state index contributed by atoms with van der Waals surface area (Å²) in [5.74, 6) is 0. The smallest absolute Gasteiger partial charge is 0.0701 e. The van der Waals surface area contributed by atoms with Gasteiger partial charge in [-0.1, -0.05) is 6.42 Å². The molecule has 0 spiro atoms. The summed E-state index contributed by atoms with van der Waals surface area (Å²) >= 11 is 5.41. The van der Waals surface area contributed by atoms with E-state index in [2.05, 4.69) is 33.0 Å². The summed E-state index contributed by atoms with van der Waals surface area (Å²) in [6, 6.07) is 6.32. The molecular weight excluding hydrogens is 296 g/mol. The number of thiophene rings is 1. The number of rotatable bonds is 2. The van der Waals surface area contributed by atoms with E-state index in [1.165, 1.54) is 40.8 Å². The van der Waals surface area contributed by atoms with Gasteiger partial charge in [-0.25, -0.2) is 0 Å². The van der Waals surface area contributed by atoms with Gasteiger partial charge in [-0.2, -0.15) is 0 Å². The molecule has 4 heteroatoms. The predicted molar refractivity (Wildman–Crippen MR) is 76.2 cm³/mol. The van der Waals surface area contributed by atoms with Crippen LogP contribution in [0.2, 0.25) is 0 Å². The second-order valence-electron chi connectivity index (χ2n) is 5.35. The molecule has 0 saturated carbocycles. The standard InChI is InChI=1S/C13H19BrN2S/c14-13-5-4-12(17-13)8-16-10-2-1-3-11(16)7-9(15)6-10/h4-5,9-11H,1-3,6-8,15H2. The molecule has 0 radical (unpaired) electrons. The van der Waals surface area contributed by atoms with Gasteiger partial charge in [-0.05, 0) is 53.7 Å². The fraction of sp³-hybridized carbons (Fsp3) is 0.692. The molecule has 0 aliphatic carbocycles. The van der Waals surface area contributed by atoms with Crippen LogP contribution < -0.4 is 5.73 Å². The summed E-state index contributed by atoms with van der Waals surface area (Å²) in [5.41, 5.74) is 6.15. The van der Waals surface area contributed by atoms with Crippen molar-refractivity contribution in [3.05, 3.63) is 20.8 Å². The first-order valence-electron chi connectivity index (χ1n) is 6.48. The minimum absolute atomic E-state index is 0.441. The van der Waals surface area contributed by atoms with Crippen molar-refractivity contribution in [3.63, 3.8) is 0 Å². The van der Waals surface area contributed by atoms with Gasteiger partial charge < -0.3 is 5.73 Å². The largest absolute Gasteiger partial charge is 0.328 e. The highest BCUT2D eigenvalue weighted by molar-refractivity contribution is 9.11. The molecule has 0 aromatic carbocycles. The lowest BCUT2D eigenvalue weighted by Crippen LogP contribution is -2.54. The fourth-order valence-electron chi connectivity index (χ4n) is 3.40. The molecule has 2 aliphatic rings. The lowest BCUT2D eigenvalue weighted by molar-refractivity contribution is 0.0253. The number of nitrogens with two attached hydrogens (primary N) is 1. The Bertz CT molecular complexity index is 379. The summed E-state index contributed by atoms with van der Waals surface area (Å²) in [7, 11) is 0. The Hall–Kier alpha value is 0.1000. The van der Waals surface area contributed by atoms with E-state index in [9.17, 15) is 0 Å². The maximum absolute atomic E-state index is 6.15. The van der Waals surface area contributed by atoms with Crippen molar-refractivity contribution in [2.24, 2.45) is 5.73 Å². The maximum Gasteiger partial charge on any atom is 0.0701 e. The quantitative estimate of drug-likeness (QED) is 0.907. The first-order chi connectivity index (χ1) is 8.22. The minimum Gasteiger partial charge on any atom is -0.328 e. The Morgan fingerprint density at radius 2 is 2.00 bits per heavy atom. The maximum atomic E-state index is 6.15. The Balaban J connectivity index is 1.73. The zero-order valence-electron chi connectivity index (χ0n) is 9.94. The molecule has 94 valence electrons. The third-order valence-electron chi connectivity index (χ3n) is 4.13. The number of hydrogen-bond acceptors (Lipinski definition) is 3. The molecular formula is C13H19BrN2S. The van der Waals surface area contributed by atoms with Crippen LogP contribution in [0.1, 0.15) is 37.0 Å². The highest BCUT2D eigenvalue weighted by Gasteiger charge is 2.36. The first-order valence-corrected chi connectivity index (χ1v) is 8.09. The van der Waals surface area contributed by atoms with E-state index in [1.807, 2.05) is 11.3 Å². The van der Waals surface area contributed by atoms with Crippen LogP contribution in [-0.4, -0.2) is 23.0 Å². The second kappa shape index (κ2) is 5.00. The Morgan fingerprint density at radius 3 is 2.59 bits per heavy atom. The van der Waals surface area contributed by atoms with Gasteiger partial charge in [-0.3, -0.25) is 4.90 Å². The van der Waals surface area contributed by atoms with Gasteiger partial charge in [0.25, 0.3) is 0 Å². The number of hydrogen-bond donors (Lipinski definition) is 1. The van der Waals surface area contributed by atoms with E-state index in [-0.39, 0.29) is 0 Å². The van der Waals surface area contributed by atoms with Crippen LogP contribution in [0.4, 0.5) is 0 Å². The van der Waals surface area contributed by atoms with Crippen molar-refractivity contribution in [1.82, 2.24) is 4.90 Å². The van der Waals surface area contributed by atoms with Crippen LogP contribution in [0, 0.1) is 0 Å². The van der Waals surface area contributed by atoms with E-state index in [4.69, 9.17) is 5.73 Å². The zero-order chi connectivity index (χ0) is 11.8. The van der Waals surface area contributed by atoms with Crippen molar-refractivity contribution in [3.8, 4) is 0 Å². The molecule has 2 fully saturated rings. The molecule has 2 N–H and O–H groups in total. The fourth-order valence-corrected chi connectivity index (χ4v) is 4.89. The van der Waals surface area contributed by atoms with Crippen LogP contribution >= 0.6 is 27.3 Å². The highest BCUT2D eigenvalue weighted by atomic mass is 79.9. The van der Waals surface area contributed by atoms with Gasteiger partial charge >= 0.3 is 0 Å². The second-order valence-corrected chi connectivity index (χ2v) is 7.90. The Morgan fingerprint density at radius 1 is 1.29 bits per heavy atom. The minimum atomic E-state index is 0.441. The molecule has 2 saturated heterocycles. The molecule has 2 atom stereocenters. The van der Waals surface area contributed by atoms with Crippen molar-refractivity contribution < 1.29 is 0 Å². The normalized spacial score (nSPS) is 33.9. The third kappa shape index (κ3) is 2.60. The van der Waals surface area contributed by atoms with Crippen LogP contribution in [0.3, 0.4) is 0 Å². The number of halogens is 1. The van der Waals surface area contributed by atoms with Crippen LogP contribution in [-0.2, 0) is 6.54 Å². The first kappa shape index (κ1) is 12.2. The number of nitrogens with zero attached hydrogens (tertiary/aromatic N) is 1. The predicted octanol–water partition coefficient (Wildman–Crippen LogP) is 3.35. The van der Waals surface area contributed by atoms with Crippen LogP contribution in [0.15, 0.2) is 15.9 Å². The molecule has 3 rings (SSSR count). The Labute approximate surface area is 115 Å².